The van der Waals surface area contributed by atoms with E-state index in [0.29, 0.717) is 11.0 Å². The van der Waals surface area contributed by atoms with Crippen molar-refractivity contribution in [2.75, 3.05) is 0 Å². The Morgan fingerprint density at radius 1 is 1.03 bits per heavy atom. The summed E-state index contributed by atoms with van der Waals surface area (Å²) in [6, 6.07) is 5.73. The maximum Gasteiger partial charge on any atom is 0.338 e. The van der Waals surface area contributed by atoms with Crippen LogP contribution in [0.15, 0.2) is 35.9 Å². The third-order valence-corrected chi connectivity index (χ3v) is 11.8. The highest BCUT2D eigenvalue weighted by atomic mass is 16.6. The van der Waals surface area contributed by atoms with E-state index < -0.39 is 4.92 Å². The van der Waals surface area contributed by atoms with Gasteiger partial charge in [-0.3, -0.25) is 10.1 Å². The van der Waals surface area contributed by atoms with Crippen LogP contribution in [0.25, 0.3) is 0 Å². The number of carbonyl (C=O) groups is 1. The SMILES string of the molecule is CC(C)CCC[C@@H](C)[C@H]1CC[C@H]2[C@@H]3CC=C4C[C@@H](OC(=O)c5ccc([N+](=O)[O-])cc5)CCC4(C)[C@H]3CCC12C. The van der Waals surface area contributed by atoms with Crippen molar-refractivity contribution in [1.82, 2.24) is 0 Å². The second-order valence-electron chi connectivity index (χ2n) is 14.4. The van der Waals surface area contributed by atoms with E-state index in [0.717, 1.165) is 54.8 Å². The van der Waals surface area contributed by atoms with Gasteiger partial charge in [-0.25, -0.2) is 4.79 Å². The lowest BCUT2D eigenvalue weighted by atomic mass is 9.47. The molecule has 1 aromatic carbocycles. The van der Waals surface area contributed by atoms with E-state index in [2.05, 4.69) is 40.7 Å². The molecule has 4 aliphatic rings. The average molecular weight is 536 g/mol. The summed E-state index contributed by atoms with van der Waals surface area (Å²) in [5.41, 5.74) is 2.60. The Hall–Kier alpha value is -2.17. The van der Waals surface area contributed by atoms with Crippen LogP contribution in [0, 0.1) is 56.5 Å². The topological polar surface area (TPSA) is 69.4 Å². The van der Waals surface area contributed by atoms with E-state index in [1.165, 1.54) is 81.2 Å². The first-order valence-corrected chi connectivity index (χ1v) is 15.7. The van der Waals surface area contributed by atoms with Crippen LogP contribution in [0.5, 0.6) is 0 Å². The third-order valence-electron chi connectivity index (χ3n) is 11.8. The molecule has 214 valence electrons. The molecule has 2 unspecified atom stereocenters. The van der Waals surface area contributed by atoms with Gasteiger partial charge < -0.3 is 4.74 Å². The van der Waals surface area contributed by atoms with Crippen LogP contribution in [-0.2, 0) is 4.74 Å². The molecule has 0 spiro atoms. The van der Waals surface area contributed by atoms with E-state index in [1.807, 2.05) is 0 Å². The van der Waals surface area contributed by atoms with Crippen LogP contribution < -0.4 is 0 Å². The number of nitrogens with zero attached hydrogens (tertiary/aromatic N) is 1. The van der Waals surface area contributed by atoms with Crippen molar-refractivity contribution >= 4 is 11.7 Å². The molecule has 8 atom stereocenters. The maximum absolute atomic E-state index is 12.8. The summed E-state index contributed by atoms with van der Waals surface area (Å²) in [7, 11) is 0. The van der Waals surface area contributed by atoms with Gasteiger partial charge in [0, 0.05) is 18.6 Å². The van der Waals surface area contributed by atoms with Crippen molar-refractivity contribution in [2.45, 2.75) is 111 Å². The molecule has 0 aliphatic heterocycles. The first-order chi connectivity index (χ1) is 18.5. The third kappa shape index (κ3) is 5.32. The Bertz CT molecular complexity index is 1090. The molecule has 4 aliphatic carbocycles. The van der Waals surface area contributed by atoms with Crippen LogP contribution in [0.2, 0.25) is 0 Å². The molecule has 39 heavy (non-hydrogen) atoms. The molecule has 0 heterocycles. The molecular formula is C34H49NO4. The van der Waals surface area contributed by atoms with Crippen LogP contribution in [0.1, 0.15) is 116 Å². The Balaban J connectivity index is 1.23. The van der Waals surface area contributed by atoms with Crippen molar-refractivity contribution in [1.29, 1.82) is 0 Å². The molecule has 5 heteroatoms. The lowest BCUT2D eigenvalue weighted by Crippen LogP contribution is -2.51. The largest absolute Gasteiger partial charge is 0.458 e. The summed E-state index contributed by atoms with van der Waals surface area (Å²) in [5.74, 6) is 4.54. The summed E-state index contributed by atoms with van der Waals surface area (Å²) in [6.07, 6.45) is 16.1. The zero-order valence-corrected chi connectivity index (χ0v) is 24.8. The number of rotatable bonds is 8. The highest BCUT2D eigenvalue weighted by Gasteiger charge is 2.59. The number of allylic oxidation sites excluding steroid dienone is 1. The van der Waals surface area contributed by atoms with Crippen LogP contribution in [0.4, 0.5) is 5.69 Å². The first kappa shape index (κ1) is 28.4. The number of ether oxygens (including phenoxy) is 1. The van der Waals surface area contributed by atoms with E-state index in [4.69, 9.17) is 4.74 Å². The standard InChI is InChI=1S/C34H49NO4/c1-22(2)7-6-8-23(3)29-15-16-30-28-14-11-25-21-27(17-19-33(25,4)31(28)18-20-34(29,30)5)39-32(36)24-9-12-26(13-10-24)35(37)38/h9-13,22-23,27-31H,6-8,14-21H2,1-5H3/t23-,27+,28+,29-,30+,31+,33?,34?/m1/s1. The number of fused-ring (bicyclic) bond motifs is 5. The summed E-state index contributed by atoms with van der Waals surface area (Å²) >= 11 is 0. The Labute approximate surface area is 235 Å². The molecule has 3 fully saturated rings. The number of non-ortho nitro benzene ring substituents is 1. The lowest BCUT2D eigenvalue weighted by molar-refractivity contribution is -0.384. The molecule has 0 amide bonds. The van der Waals surface area contributed by atoms with E-state index in [9.17, 15) is 14.9 Å². The summed E-state index contributed by atoms with van der Waals surface area (Å²) < 4.78 is 5.93. The molecule has 1 aromatic rings. The fraction of sp³-hybridized carbons (Fsp3) is 0.735. The molecule has 5 rings (SSSR count). The van der Waals surface area contributed by atoms with Crippen LogP contribution in [-0.4, -0.2) is 17.0 Å². The van der Waals surface area contributed by atoms with Gasteiger partial charge in [0.2, 0.25) is 0 Å². The molecule has 0 N–H and O–H groups in total. The van der Waals surface area contributed by atoms with Crippen molar-refractivity contribution in [3.8, 4) is 0 Å². The van der Waals surface area contributed by atoms with Gasteiger partial charge in [-0.15, -0.1) is 0 Å². The quantitative estimate of drug-likeness (QED) is 0.144. The Kier molecular flexibility index (Phi) is 8.01. The molecular weight excluding hydrogens is 486 g/mol. The van der Waals surface area contributed by atoms with Gasteiger partial charge in [0.1, 0.15) is 6.10 Å². The number of nitro benzene ring substituents is 1. The zero-order chi connectivity index (χ0) is 27.9. The summed E-state index contributed by atoms with van der Waals surface area (Å²) in [5, 5.41) is 10.9. The predicted octanol–water partition coefficient (Wildman–Crippen LogP) is 9.16. The number of benzene rings is 1. The average Bonchev–Trinajstić information content (AvgIpc) is 3.26. The van der Waals surface area contributed by atoms with Gasteiger partial charge in [0.15, 0.2) is 0 Å². The molecule has 5 nitrogen and oxygen atoms in total. The molecule has 0 radical (unpaired) electrons. The second-order valence-corrected chi connectivity index (χ2v) is 14.4. The fourth-order valence-corrected chi connectivity index (χ4v) is 9.69. The number of carbonyl (C=O) groups excluding carboxylic acids is 1. The minimum absolute atomic E-state index is 0.0142. The van der Waals surface area contributed by atoms with Gasteiger partial charge >= 0.3 is 5.97 Å². The highest BCUT2D eigenvalue weighted by molar-refractivity contribution is 5.89. The highest BCUT2D eigenvalue weighted by Crippen LogP contribution is 2.67. The minimum atomic E-state index is -0.450. The minimum Gasteiger partial charge on any atom is -0.458 e. The van der Waals surface area contributed by atoms with Gasteiger partial charge in [-0.05, 0) is 103 Å². The number of hydrogen-bond donors (Lipinski definition) is 0. The smallest absolute Gasteiger partial charge is 0.338 e. The summed E-state index contributed by atoms with van der Waals surface area (Å²) in [6.45, 7) is 12.4. The molecule has 0 aromatic heterocycles. The van der Waals surface area contributed by atoms with Gasteiger partial charge in [0.25, 0.3) is 5.69 Å². The van der Waals surface area contributed by atoms with Gasteiger partial charge in [-0.2, -0.15) is 0 Å². The molecule has 0 bridgehead atoms. The van der Waals surface area contributed by atoms with Crippen molar-refractivity contribution in [3.63, 3.8) is 0 Å². The van der Waals surface area contributed by atoms with E-state index >= 15 is 0 Å². The second kappa shape index (κ2) is 11.0. The van der Waals surface area contributed by atoms with Crippen molar-refractivity contribution in [3.05, 3.63) is 51.6 Å². The monoisotopic (exact) mass is 535 g/mol. The maximum atomic E-state index is 12.8. The van der Waals surface area contributed by atoms with Crippen LogP contribution in [0.3, 0.4) is 0 Å². The number of nitro groups is 1. The Morgan fingerprint density at radius 3 is 2.46 bits per heavy atom. The predicted molar refractivity (Wildman–Crippen MR) is 155 cm³/mol. The fourth-order valence-electron chi connectivity index (χ4n) is 9.69. The number of hydrogen-bond acceptors (Lipinski definition) is 4. The summed E-state index contributed by atoms with van der Waals surface area (Å²) in [4.78, 5) is 23.3. The first-order valence-electron chi connectivity index (χ1n) is 15.7. The van der Waals surface area contributed by atoms with Crippen molar-refractivity contribution in [2.24, 2.45) is 46.3 Å². The number of esters is 1. The van der Waals surface area contributed by atoms with Gasteiger partial charge in [0.05, 0.1) is 10.5 Å². The van der Waals surface area contributed by atoms with Gasteiger partial charge in [-0.1, -0.05) is 65.5 Å². The lowest BCUT2D eigenvalue weighted by Gasteiger charge is -2.58. The zero-order valence-electron chi connectivity index (χ0n) is 24.8. The molecule has 0 saturated heterocycles. The Morgan fingerprint density at radius 2 is 1.77 bits per heavy atom. The van der Waals surface area contributed by atoms with Crippen molar-refractivity contribution < 1.29 is 14.5 Å². The normalized spacial score (nSPS) is 36.4. The van der Waals surface area contributed by atoms with E-state index in [1.54, 1.807) is 0 Å². The van der Waals surface area contributed by atoms with E-state index in [-0.39, 0.29) is 23.2 Å². The van der Waals surface area contributed by atoms with Crippen LogP contribution >= 0.6 is 0 Å². The molecule has 3 saturated carbocycles.